The van der Waals surface area contributed by atoms with Gasteiger partial charge in [0.15, 0.2) is 0 Å². The van der Waals surface area contributed by atoms with Crippen molar-refractivity contribution < 1.29 is 4.39 Å². The van der Waals surface area contributed by atoms with Crippen LogP contribution < -0.4 is 5.32 Å². The predicted molar refractivity (Wildman–Crippen MR) is 79.8 cm³/mol. The molecule has 3 nitrogen and oxygen atoms in total. The summed E-state index contributed by atoms with van der Waals surface area (Å²) >= 11 is 3.43. The number of nitrogens with zero attached hydrogens (tertiary/aromatic N) is 2. The van der Waals surface area contributed by atoms with Crippen LogP contribution in [0.25, 0.3) is 5.65 Å². The van der Waals surface area contributed by atoms with Gasteiger partial charge in [-0.25, -0.2) is 9.37 Å². The number of rotatable bonds is 4. The zero-order chi connectivity index (χ0) is 13.9. The Morgan fingerprint density at radius 3 is 2.80 bits per heavy atom. The van der Waals surface area contributed by atoms with Crippen molar-refractivity contribution in [2.24, 2.45) is 0 Å². The summed E-state index contributed by atoms with van der Waals surface area (Å²) in [4.78, 5) is 4.49. The molecule has 0 unspecified atom stereocenters. The Morgan fingerprint density at radius 2 is 1.95 bits per heavy atom. The van der Waals surface area contributed by atoms with Gasteiger partial charge in [-0.05, 0) is 34.1 Å². The van der Waals surface area contributed by atoms with E-state index < -0.39 is 0 Å². The van der Waals surface area contributed by atoms with Crippen LogP contribution >= 0.6 is 15.9 Å². The molecule has 0 spiro atoms. The van der Waals surface area contributed by atoms with Gasteiger partial charge in [-0.2, -0.15) is 0 Å². The molecule has 3 aromatic rings. The molecule has 102 valence electrons. The van der Waals surface area contributed by atoms with Crippen LogP contribution in [0.2, 0.25) is 0 Å². The van der Waals surface area contributed by atoms with Crippen LogP contribution in [0.1, 0.15) is 11.3 Å². The van der Waals surface area contributed by atoms with Crippen LogP contribution in [0, 0.1) is 5.82 Å². The fourth-order valence-corrected chi connectivity index (χ4v) is 2.42. The SMILES string of the molecule is Fc1ccccc1CNCc1cn2cc(Br)ccc2n1. The minimum absolute atomic E-state index is 0.182. The zero-order valence-corrected chi connectivity index (χ0v) is 12.3. The molecule has 0 atom stereocenters. The van der Waals surface area contributed by atoms with Crippen molar-refractivity contribution in [3.05, 3.63) is 70.3 Å². The number of pyridine rings is 1. The molecule has 0 aliphatic heterocycles. The lowest BCUT2D eigenvalue weighted by molar-refractivity contribution is 0.586. The van der Waals surface area contributed by atoms with Gasteiger partial charge in [0.2, 0.25) is 0 Å². The fourth-order valence-electron chi connectivity index (χ4n) is 2.07. The first-order valence-corrected chi connectivity index (χ1v) is 7.09. The Balaban J connectivity index is 1.67. The van der Waals surface area contributed by atoms with Gasteiger partial charge in [0.1, 0.15) is 11.5 Å². The van der Waals surface area contributed by atoms with Crippen molar-refractivity contribution in [2.45, 2.75) is 13.1 Å². The third-order valence-corrected chi connectivity index (χ3v) is 3.51. The molecule has 0 aliphatic carbocycles. The van der Waals surface area contributed by atoms with Gasteiger partial charge < -0.3 is 9.72 Å². The number of hydrogen-bond acceptors (Lipinski definition) is 2. The van der Waals surface area contributed by atoms with Crippen LogP contribution in [-0.2, 0) is 13.1 Å². The Hall–Kier alpha value is -1.72. The van der Waals surface area contributed by atoms with E-state index in [1.54, 1.807) is 12.1 Å². The zero-order valence-electron chi connectivity index (χ0n) is 10.7. The summed E-state index contributed by atoms with van der Waals surface area (Å²) in [6.07, 6.45) is 3.93. The first kappa shape index (κ1) is 13.3. The highest BCUT2D eigenvalue weighted by Gasteiger charge is 2.03. The molecular formula is C15H13BrFN3. The van der Waals surface area contributed by atoms with Crippen LogP contribution in [0.5, 0.6) is 0 Å². The molecule has 0 amide bonds. The molecule has 0 fully saturated rings. The quantitative estimate of drug-likeness (QED) is 0.791. The Labute approximate surface area is 124 Å². The van der Waals surface area contributed by atoms with Crippen molar-refractivity contribution in [2.75, 3.05) is 0 Å². The smallest absolute Gasteiger partial charge is 0.137 e. The lowest BCUT2D eigenvalue weighted by Crippen LogP contribution is -2.13. The van der Waals surface area contributed by atoms with Crippen molar-refractivity contribution in [3.63, 3.8) is 0 Å². The van der Waals surface area contributed by atoms with Gasteiger partial charge in [-0.1, -0.05) is 18.2 Å². The summed E-state index contributed by atoms with van der Waals surface area (Å²) in [5.41, 5.74) is 2.49. The first-order valence-electron chi connectivity index (χ1n) is 6.29. The van der Waals surface area contributed by atoms with Gasteiger partial charge in [0, 0.05) is 35.5 Å². The van der Waals surface area contributed by atoms with Crippen LogP contribution in [0.3, 0.4) is 0 Å². The molecule has 20 heavy (non-hydrogen) atoms. The summed E-state index contributed by atoms with van der Waals surface area (Å²) in [6.45, 7) is 1.10. The maximum absolute atomic E-state index is 13.5. The van der Waals surface area contributed by atoms with E-state index in [0.29, 0.717) is 18.7 Å². The van der Waals surface area contributed by atoms with E-state index in [-0.39, 0.29) is 5.82 Å². The summed E-state index contributed by atoms with van der Waals surface area (Å²) in [5.74, 6) is -0.182. The molecule has 0 saturated heterocycles. The Kier molecular flexibility index (Phi) is 3.80. The van der Waals surface area contributed by atoms with Gasteiger partial charge in [0.05, 0.1) is 5.69 Å². The van der Waals surface area contributed by atoms with Crippen molar-refractivity contribution >= 4 is 21.6 Å². The predicted octanol–water partition coefficient (Wildman–Crippen LogP) is 3.53. The summed E-state index contributed by atoms with van der Waals surface area (Å²) in [6, 6.07) is 10.7. The molecule has 2 heterocycles. The van der Waals surface area contributed by atoms with Gasteiger partial charge in [0.25, 0.3) is 0 Å². The van der Waals surface area contributed by atoms with Crippen LogP contribution in [-0.4, -0.2) is 9.38 Å². The van der Waals surface area contributed by atoms with E-state index in [1.807, 2.05) is 35.0 Å². The second kappa shape index (κ2) is 5.73. The first-order chi connectivity index (χ1) is 9.72. The van der Waals surface area contributed by atoms with Crippen LogP contribution in [0.15, 0.2) is 53.3 Å². The number of aromatic nitrogens is 2. The normalized spacial score (nSPS) is 11.1. The highest BCUT2D eigenvalue weighted by Crippen LogP contribution is 2.12. The maximum atomic E-state index is 13.5. The molecule has 1 aromatic carbocycles. The second-order valence-corrected chi connectivity index (χ2v) is 5.46. The molecule has 0 bridgehead atoms. The van der Waals surface area contributed by atoms with Gasteiger partial charge in [-0.15, -0.1) is 0 Å². The van der Waals surface area contributed by atoms with Crippen molar-refractivity contribution in [3.8, 4) is 0 Å². The van der Waals surface area contributed by atoms with E-state index in [2.05, 4.69) is 26.2 Å². The highest BCUT2D eigenvalue weighted by molar-refractivity contribution is 9.10. The number of halogens is 2. The lowest BCUT2D eigenvalue weighted by Gasteiger charge is -2.03. The van der Waals surface area contributed by atoms with Crippen LogP contribution in [0.4, 0.5) is 4.39 Å². The third kappa shape index (κ3) is 2.89. The molecule has 0 aliphatic rings. The number of fused-ring (bicyclic) bond motifs is 1. The number of imidazole rings is 1. The van der Waals surface area contributed by atoms with E-state index >= 15 is 0 Å². The molecule has 0 radical (unpaired) electrons. The summed E-state index contributed by atoms with van der Waals surface area (Å²) in [7, 11) is 0. The monoisotopic (exact) mass is 333 g/mol. The number of benzene rings is 1. The van der Waals surface area contributed by atoms with E-state index in [9.17, 15) is 4.39 Å². The molecule has 1 N–H and O–H groups in total. The topological polar surface area (TPSA) is 29.3 Å². The van der Waals surface area contributed by atoms with Gasteiger partial charge >= 0.3 is 0 Å². The number of nitrogens with one attached hydrogen (secondary N) is 1. The standard InChI is InChI=1S/C15H13BrFN3/c16-12-5-6-15-19-13(10-20(15)9-12)8-18-7-11-3-1-2-4-14(11)17/h1-6,9-10,18H,7-8H2. The minimum Gasteiger partial charge on any atom is -0.307 e. The maximum Gasteiger partial charge on any atom is 0.137 e. The summed E-state index contributed by atoms with van der Waals surface area (Å²) in [5, 5.41) is 3.21. The second-order valence-electron chi connectivity index (χ2n) is 4.54. The van der Waals surface area contributed by atoms with Crippen molar-refractivity contribution in [1.82, 2.24) is 14.7 Å². The highest BCUT2D eigenvalue weighted by atomic mass is 79.9. The number of hydrogen-bond donors (Lipinski definition) is 1. The average molecular weight is 334 g/mol. The van der Waals surface area contributed by atoms with Gasteiger partial charge in [-0.3, -0.25) is 0 Å². The molecule has 5 heteroatoms. The molecule has 0 saturated carbocycles. The average Bonchev–Trinajstić information content (AvgIpc) is 2.83. The van der Waals surface area contributed by atoms with Crippen molar-refractivity contribution in [1.29, 1.82) is 0 Å². The van der Waals surface area contributed by atoms with E-state index in [0.717, 1.165) is 15.8 Å². The van der Waals surface area contributed by atoms with E-state index in [1.165, 1.54) is 6.07 Å². The summed E-state index contributed by atoms with van der Waals surface area (Å²) < 4.78 is 16.4. The molecular weight excluding hydrogens is 321 g/mol. The molecule has 3 rings (SSSR count). The third-order valence-electron chi connectivity index (χ3n) is 3.04. The fraction of sp³-hybridized carbons (Fsp3) is 0.133. The Morgan fingerprint density at radius 1 is 1.10 bits per heavy atom. The Bertz CT molecular complexity index is 739. The minimum atomic E-state index is -0.182. The lowest BCUT2D eigenvalue weighted by atomic mass is 10.2. The van der Waals surface area contributed by atoms with E-state index in [4.69, 9.17) is 0 Å². The largest absolute Gasteiger partial charge is 0.307 e. The molecule has 2 aromatic heterocycles.